The highest BCUT2D eigenvalue weighted by atomic mass is 16.5. The van der Waals surface area contributed by atoms with Crippen molar-refractivity contribution in [1.82, 2.24) is 0 Å². The minimum Gasteiger partial charge on any atom is -0.402 e. The van der Waals surface area contributed by atoms with Crippen LogP contribution in [0, 0.1) is 0 Å². The Bertz CT molecular complexity index is 464. The van der Waals surface area contributed by atoms with Crippen LogP contribution in [0.1, 0.15) is 27.7 Å². The summed E-state index contributed by atoms with van der Waals surface area (Å²) < 4.78 is 0. The molecule has 0 saturated heterocycles. The van der Waals surface area contributed by atoms with Crippen LogP contribution in [0.4, 0.5) is 0 Å². The first-order valence-corrected chi connectivity index (χ1v) is 6.88. The van der Waals surface area contributed by atoms with Crippen LogP contribution in [0.3, 0.4) is 0 Å². The van der Waals surface area contributed by atoms with Crippen molar-refractivity contribution in [2.24, 2.45) is 0 Å². The Morgan fingerprint density at radius 1 is 0.636 bits per heavy atom. The minimum atomic E-state index is -2.17. The third kappa shape index (κ3) is 8.76. The second kappa shape index (κ2) is 8.87. The maximum Gasteiger partial charge on any atom is 0.631 e. The van der Waals surface area contributed by atoms with Crippen LogP contribution in [-0.4, -0.2) is 43.8 Å². The van der Waals surface area contributed by atoms with Crippen LogP contribution >= 0.6 is 0 Å². The number of hydrogen-bond acceptors (Lipinski definition) is 5. The lowest BCUT2D eigenvalue weighted by Crippen LogP contribution is -2.44. The molecular weight excluding hydrogens is 283 g/mol. The topological polar surface area (TPSA) is 101 Å². The molecule has 5 nitrogen and oxygen atoms in total. The highest BCUT2D eigenvalue weighted by Gasteiger charge is 2.31. The predicted molar refractivity (Wildman–Crippen MR) is 89.0 cm³/mol. The summed E-state index contributed by atoms with van der Waals surface area (Å²) in [5.74, 6) is 0. The van der Waals surface area contributed by atoms with E-state index >= 15 is 0 Å². The van der Waals surface area contributed by atoms with Gasteiger partial charge in [0.05, 0.1) is 11.2 Å². The van der Waals surface area contributed by atoms with Gasteiger partial charge in [-0.15, -0.1) is 0 Å². The van der Waals surface area contributed by atoms with Crippen molar-refractivity contribution in [1.29, 1.82) is 0 Å². The van der Waals surface area contributed by atoms with Crippen LogP contribution < -0.4 is 0 Å². The number of benzene rings is 2. The molecule has 0 aromatic heterocycles. The molecule has 2 aromatic carbocycles. The maximum atomic E-state index is 9.10. The van der Waals surface area contributed by atoms with Gasteiger partial charge in [-0.2, -0.15) is 0 Å². The molecule has 0 aliphatic carbocycles. The standard InChI is InChI=1S/C10H8.C6H14O2.BH3O3/c1-2-6-10-8-4-3-7-9(10)5-1;1-5(2,7)6(3,4)8;2-1(3)4/h1-8H;7-8H,1-4H3;2-4H. The highest BCUT2D eigenvalue weighted by Crippen LogP contribution is 2.19. The zero-order valence-corrected chi connectivity index (χ0v) is 13.4. The summed E-state index contributed by atoms with van der Waals surface area (Å²) >= 11 is 0. The first-order valence-electron chi connectivity index (χ1n) is 6.88. The van der Waals surface area contributed by atoms with Crippen molar-refractivity contribution in [3.63, 3.8) is 0 Å². The van der Waals surface area contributed by atoms with Crippen LogP contribution in [0.2, 0.25) is 0 Å². The summed E-state index contributed by atoms with van der Waals surface area (Å²) in [5, 5.41) is 42.3. The van der Waals surface area contributed by atoms with Gasteiger partial charge in [-0.1, -0.05) is 48.5 Å². The molecule has 0 amide bonds. The Hall–Kier alpha value is -1.44. The van der Waals surface area contributed by atoms with Crippen molar-refractivity contribution in [3.05, 3.63) is 48.5 Å². The summed E-state index contributed by atoms with van der Waals surface area (Å²) in [5.41, 5.74) is -2.01. The molecule has 0 heterocycles. The number of rotatable bonds is 1. The molecule has 22 heavy (non-hydrogen) atoms. The molecule has 0 aliphatic rings. The second-order valence-corrected chi connectivity index (χ2v) is 5.81. The Morgan fingerprint density at radius 2 is 0.818 bits per heavy atom. The molecule has 0 bridgehead atoms. The van der Waals surface area contributed by atoms with Gasteiger partial charge < -0.3 is 25.3 Å². The third-order valence-corrected chi connectivity index (χ3v) is 3.16. The van der Waals surface area contributed by atoms with Gasteiger partial charge in [0.1, 0.15) is 0 Å². The molecule has 0 spiro atoms. The maximum absolute atomic E-state index is 9.10. The molecule has 0 atom stereocenters. The molecule has 0 radical (unpaired) electrons. The first kappa shape index (κ1) is 20.6. The van der Waals surface area contributed by atoms with E-state index in [1.165, 1.54) is 10.8 Å². The lowest BCUT2D eigenvalue weighted by molar-refractivity contribution is -0.107. The van der Waals surface area contributed by atoms with E-state index in [9.17, 15) is 0 Å². The molecular formula is C16H25BO5. The van der Waals surface area contributed by atoms with Gasteiger partial charge in [-0.3, -0.25) is 0 Å². The summed E-state index contributed by atoms with van der Waals surface area (Å²) in [7, 11) is -2.17. The normalized spacial score (nSPS) is 11.0. The molecule has 2 aromatic rings. The van der Waals surface area contributed by atoms with Crippen molar-refractivity contribution < 1.29 is 25.3 Å². The van der Waals surface area contributed by atoms with E-state index in [0.717, 1.165) is 0 Å². The Morgan fingerprint density at radius 3 is 0.955 bits per heavy atom. The zero-order chi connectivity index (χ0) is 17.4. The summed E-state index contributed by atoms with van der Waals surface area (Å²) in [6.45, 7) is 6.31. The van der Waals surface area contributed by atoms with E-state index in [-0.39, 0.29) is 0 Å². The summed E-state index contributed by atoms with van der Waals surface area (Å²) in [4.78, 5) is 0. The van der Waals surface area contributed by atoms with Crippen molar-refractivity contribution in [2.45, 2.75) is 38.9 Å². The van der Waals surface area contributed by atoms with E-state index in [1.54, 1.807) is 27.7 Å². The molecule has 122 valence electrons. The van der Waals surface area contributed by atoms with Crippen LogP contribution in [0.25, 0.3) is 10.8 Å². The average molecular weight is 308 g/mol. The van der Waals surface area contributed by atoms with E-state index in [1.807, 2.05) is 0 Å². The van der Waals surface area contributed by atoms with Gasteiger partial charge in [0.2, 0.25) is 0 Å². The molecule has 5 N–H and O–H groups in total. The van der Waals surface area contributed by atoms with E-state index in [4.69, 9.17) is 25.3 Å². The van der Waals surface area contributed by atoms with Crippen LogP contribution in [-0.2, 0) is 0 Å². The SMILES string of the molecule is CC(C)(O)C(C)(C)O.OB(O)O.c1ccc2ccccc2c1. The van der Waals surface area contributed by atoms with Gasteiger partial charge >= 0.3 is 7.32 Å². The Labute approximate surface area is 131 Å². The molecule has 2 rings (SSSR count). The number of aliphatic hydroxyl groups is 2. The van der Waals surface area contributed by atoms with Gasteiger partial charge in [0.15, 0.2) is 0 Å². The highest BCUT2D eigenvalue weighted by molar-refractivity contribution is 6.30. The lowest BCUT2D eigenvalue weighted by Gasteiger charge is -2.31. The van der Waals surface area contributed by atoms with E-state index in [2.05, 4.69) is 48.5 Å². The van der Waals surface area contributed by atoms with Gasteiger partial charge in [0.25, 0.3) is 0 Å². The average Bonchev–Trinajstić information content (AvgIpc) is 2.36. The lowest BCUT2D eigenvalue weighted by atomic mass is 9.90. The summed E-state index contributed by atoms with van der Waals surface area (Å²) in [6.07, 6.45) is 0. The fourth-order valence-electron chi connectivity index (χ4n) is 1.13. The van der Waals surface area contributed by atoms with Crippen LogP contribution in [0.5, 0.6) is 0 Å². The second-order valence-electron chi connectivity index (χ2n) is 5.81. The van der Waals surface area contributed by atoms with E-state index < -0.39 is 18.5 Å². The molecule has 0 fully saturated rings. The minimum absolute atomic E-state index is 1.01. The predicted octanol–water partition coefficient (Wildman–Crippen LogP) is 1.32. The molecule has 0 saturated carbocycles. The first-order chi connectivity index (χ1) is 9.95. The zero-order valence-electron chi connectivity index (χ0n) is 13.4. The van der Waals surface area contributed by atoms with E-state index in [0.29, 0.717) is 0 Å². The quantitative estimate of drug-likeness (QED) is 0.511. The fourth-order valence-corrected chi connectivity index (χ4v) is 1.13. The van der Waals surface area contributed by atoms with Crippen molar-refractivity contribution in [2.75, 3.05) is 0 Å². The Kier molecular flexibility index (Phi) is 8.30. The smallest absolute Gasteiger partial charge is 0.402 e. The summed E-state index contributed by atoms with van der Waals surface area (Å²) in [6, 6.07) is 16.7. The van der Waals surface area contributed by atoms with Crippen molar-refractivity contribution in [3.8, 4) is 0 Å². The monoisotopic (exact) mass is 308 g/mol. The van der Waals surface area contributed by atoms with Gasteiger partial charge in [-0.05, 0) is 38.5 Å². The fraction of sp³-hybridized carbons (Fsp3) is 0.375. The molecule has 0 unspecified atom stereocenters. The largest absolute Gasteiger partial charge is 0.631 e. The van der Waals surface area contributed by atoms with Crippen LogP contribution in [0.15, 0.2) is 48.5 Å². The molecule has 6 heteroatoms. The van der Waals surface area contributed by atoms with Crippen molar-refractivity contribution >= 4 is 18.1 Å². The number of fused-ring (bicyclic) bond motifs is 1. The Balaban J connectivity index is 0.000000332. The van der Waals surface area contributed by atoms with Gasteiger partial charge in [0, 0.05) is 0 Å². The molecule has 0 aliphatic heterocycles. The third-order valence-electron chi connectivity index (χ3n) is 3.16. The number of hydrogen-bond donors (Lipinski definition) is 5. The van der Waals surface area contributed by atoms with Gasteiger partial charge in [-0.25, -0.2) is 0 Å².